The van der Waals surface area contributed by atoms with Crippen LogP contribution in [0.25, 0.3) is 0 Å². The third-order valence-corrected chi connectivity index (χ3v) is 4.90. The van der Waals surface area contributed by atoms with Crippen LogP contribution < -0.4 is 16.0 Å². The Hall–Kier alpha value is -2.89. The summed E-state index contributed by atoms with van der Waals surface area (Å²) in [5.41, 5.74) is 3.21. The molecule has 2 aromatic rings. The van der Waals surface area contributed by atoms with Crippen molar-refractivity contribution in [3.63, 3.8) is 0 Å². The number of aryl methyl sites for hydroxylation is 2. The summed E-state index contributed by atoms with van der Waals surface area (Å²) in [6, 6.07) is 9.29. The molecule has 0 bridgehead atoms. The molecular formula is C21H24FN3O2. The van der Waals surface area contributed by atoms with Crippen LogP contribution in [-0.4, -0.2) is 11.9 Å². The van der Waals surface area contributed by atoms with E-state index in [4.69, 9.17) is 0 Å². The molecule has 1 fully saturated rings. The molecule has 3 N–H and O–H groups in total. The van der Waals surface area contributed by atoms with Crippen molar-refractivity contribution in [3.05, 3.63) is 58.9 Å². The highest BCUT2D eigenvalue weighted by Crippen LogP contribution is 2.42. The Morgan fingerprint density at radius 2 is 1.89 bits per heavy atom. The normalized spacial score (nSPS) is 18.1. The summed E-state index contributed by atoms with van der Waals surface area (Å²) < 4.78 is 14.4. The predicted molar refractivity (Wildman–Crippen MR) is 104 cm³/mol. The number of benzene rings is 2. The van der Waals surface area contributed by atoms with Crippen molar-refractivity contribution in [2.75, 3.05) is 10.6 Å². The van der Waals surface area contributed by atoms with Gasteiger partial charge < -0.3 is 16.0 Å². The summed E-state index contributed by atoms with van der Waals surface area (Å²) in [5.74, 6) is -0.508. The molecule has 5 nitrogen and oxygen atoms in total. The molecule has 0 saturated carbocycles. The Labute approximate surface area is 158 Å². The first-order valence-corrected chi connectivity index (χ1v) is 8.90. The summed E-state index contributed by atoms with van der Waals surface area (Å²) in [5, 5.41) is 8.36. The van der Waals surface area contributed by atoms with E-state index in [2.05, 4.69) is 16.0 Å². The van der Waals surface area contributed by atoms with Crippen LogP contribution >= 0.6 is 0 Å². The zero-order chi connectivity index (χ0) is 19.8. The van der Waals surface area contributed by atoms with Gasteiger partial charge >= 0.3 is 6.03 Å². The van der Waals surface area contributed by atoms with Gasteiger partial charge in [0.2, 0.25) is 5.91 Å². The lowest BCUT2D eigenvalue weighted by Gasteiger charge is -2.26. The third-order valence-electron chi connectivity index (χ3n) is 4.90. The van der Waals surface area contributed by atoms with Crippen LogP contribution in [0.2, 0.25) is 0 Å². The first kappa shape index (κ1) is 18.9. The minimum absolute atomic E-state index is 0.102. The highest BCUT2D eigenvalue weighted by molar-refractivity contribution is 6.00. The second-order valence-electron chi connectivity index (χ2n) is 7.80. The molecule has 1 aliphatic heterocycles. The van der Waals surface area contributed by atoms with E-state index in [-0.39, 0.29) is 5.91 Å². The predicted octanol–water partition coefficient (Wildman–Crippen LogP) is 4.67. The van der Waals surface area contributed by atoms with E-state index in [1.165, 1.54) is 12.1 Å². The third kappa shape index (κ3) is 4.10. The zero-order valence-electron chi connectivity index (χ0n) is 15.9. The van der Waals surface area contributed by atoms with E-state index >= 15 is 0 Å². The highest BCUT2D eigenvalue weighted by atomic mass is 19.1. The van der Waals surface area contributed by atoms with Crippen molar-refractivity contribution in [1.82, 2.24) is 5.32 Å². The van der Waals surface area contributed by atoms with Crippen molar-refractivity contribution in [3.8, 4) is 0 Å². The monoisotopic (exact) mass is 369 g/mol. The number of carbonyl (C=O) groups is 2. The Kier molecular flexibility index (Phi) is 4.91. The van der Waals surface area contributed by atoms with Gasteiger partial charge in [0.15, 0.2) is 0 Å². The molecule has 1 unspecified atom stereocenters. The highest BCUT2D eigenvalue weighted by Gasteiger charge is 2.41. The number of carbonyl (C=O) groups excluding carboxylic acids is 2. The summed E-state index contributed by atoms with van der Waals surface area (Å²) >= 11 is 0. The largest absolute Gasteiger partial charge is 0.349 e. The number of anilines is 2. The van der Waals surface area contributed by atoms with Crippen LogP contribution in [0.3, 0.4) is 0 Å². The van der Waals surface area contributed by atoms with Crippen LogP contribution in [0.5, 0.6) is 0 Å². The quantitative estimate of drug-likeness (QED) is 0.735. The molecule has 1 aliphatic rings. The van der Waals surface area contributed by atoms with E-state index in [1.807, 2.05) is 45.9 Å². The fourth-order valence-corrected chi connectivity index (χ4v) is 3.50. The lowest BCUT2D eigenvalue weighted by atomic mass is 9.81. The molecule has 6 heteroatoms. The average molecular weight is 369 g/mol. The summed E-state index contributed by atoms with van der Waals surface area (Å²) in [7, 11) is 0. The van der Waals surface area contributed by atoms with Gasteiger partial charge in [0.05, 0.1) is 6.04 Å². The molecule has 1 atom stereocenters. The standard InChI is InChI=1S/C21H24FN3O2/c1-12-5-8-17(13(2)9-12)24-20(27)23-14-6-7-16(22)15(10-14)19-21(3,4)11-18(26)25-19/h5-10,19H,11H2,1-4H3,(H,25,26)(H2,23,24,27). The van der Waals surface area contributed by atoms with Gasteiger partial charge in [0, 0.05) is 23.4 Å². The SMILES string of the molecule is Cc1ccc(NC(=O)Nc2ccc(F)c(C3NC(=O)CC3(C)C)c2)c(C)c1. The molecule has 1 saturated heterocycles. The minimum Gasteiger partial charge on any atom is -0.349 e. The number of rotatable bonds is 3. The molecule has 27 heavy (non-hydrogen) atoms. The van der Waals surface area contributed by atoms with Crippen LogP contribution in [0, 0.1) is 25.1 Å². The van der Waals surface area contributed by atoms with Gasteiger partial charge in [-0.05, 0) is 49.1 Å². The first-order valence-electron chi connectivity index (χ1n) is 8.90. The maximum atomic E-state index is 14.4. The fraction of sp³-hybridized carbons (Fsp3) is 0.333. The molecule has 1 heterocycles. The zero-order valence-corrected chi connectivity index (χ0v) is 15.9. The lowest BCUT2D eigenvalue weighted by molar-refractivity contribution is -0.119. The second kappa shape index (κ2) is 7.02. The number of hydrogen-bond acceptors (Lipinski definition) is 2. The van der Waals surface area contributed by atoms with Gasteiger partial charge in [0.1, 0.15) is 5.82 Å². The Bertz CT molecular complexity index is 908. The van der Waals surface area contributed by atoms with Crippen molar-refractivity contribution in [2.45, 2.75) is 40.2 Å². The summed E-state index contributed by atoms with van der Waals surface area (Å²) in [6.07, 6.45) is 0.335. The van der Waals surface area contributed by atoms with E-state index in [0.29, 0.717) is 23.4 Å². The first-order chi connectivity index (χ1) is 12.7. The number of amides is 3. The van der Waals surface area contributed by atoms with E-state index in [0.717, 1.165) is 11.1 Å². The smallest absolute Gasteiger partial charge is 0.323 e. The van der Waals surface area contributed by atoms with Gasteiger partial charge in [-0.2, -0.15) is 0 Å². The van der Waals surface area contributed by atoms with E-state index in [9.17, 15) is 14.0 Å². The van der Waals surface area contributed by atoms with Crippen LogP contribution in [0.4, 0.5) is 20.6 Å². The molecule has 2 aromatic carbocycles. The van der Waals surface area contributed by atoms with Gasteiger partial charge in [0.25, 0.3) is 0 Å². The number of urea groups is 1. The topological polar surface area (TPSA) is 70.2 Å². The molecule has 0 aromatic heterocycles. The van der Waals surface area contributed by atoms with Crippen molar-refractivity contribution >= 4 is 23.3 Å². The Balaban J connectivity index is 1.78. The molecule has 3 rings (SSSR count). The van der Waals surface area contributed by atoms with Crippen LogP contribution in [0.1, 0.15) is 43.0 Å². The molecule has 0 radical (unpaired) electrons. The summed E-state index contributed by atoms with van der Waals surface area (Å²) in [4.78, 5) is 24.1. The van der Waals surface area contributed by atoms with Gasteiger partial charge in [-0.15, -0.1) is 0 Å². The number of halogens is 1. The van der Waals surface area contributed by atoms with Crippen LogP contribution in [-0.2, 0) is 4.79 Å². The number of nitrogens with one attached hydrogen (secondary N) is 3. The maximum absolute atomic E-state index is 14.4. The molecular weight excluding hydrogens is 345 g/mol. The molecule has 3 amide bonds. The second-order valence-corrected chi connectivity index (χ2v) is 7.80. The van der Waals surface area contributed by atoms with Gasteiger partial charge in [-0.25, -0.2) is 9.18 Å². The van der Waals surface area contributed by atoms with Crippen molar-refractivity contribution in [1.29, 1.82) is 0 Å². The molecule has 142 valence electrons. The molecule has 0 spiro atoms. The van der Waals surface area contributed by atoms with Gasteiger partial charge in [-0.3, -0.25) is 4.79 Å². The van der Waals surface area contributed by atoms with Crippen molar-refractivity contribution < 1.29 is 14.0 Å². The molecule has 0 aliphatic carbocycles. The van der Waals surface area contributed by atoms with Crippen molar-refractivity contribution in [2.24, 2.45) is 5.41 Å². The van der Waals surface area contributed by atoms with E-state index in [1.54, 1.807) is 6.07 Å². The summed E-state index contributed by atoms with van der Waals surface area (Å²) in [6.45, 7) is 7.74. The average Bonchev–Trinajstić information content (AvgIpc) is 2.84. The van der Waals surface area contributed by atoms with Crippen LogP contribution in [0.15, 0.2) is 36.4 Å². The fourth-order valence-electron chi connectivity index (χ4n) is 3.50. The number of hydrogen-bond donors (Lipinski definition) is 3. The Morgan fingerprint density at radius 3 is 2.52 bits per heavy atom. The minimum atomic E-state index is -0.436. The van der Waals surface area contributed by atoms with Gasteiger partial charge in [-0.1, -0.05) is 31.5 Å². The van der Waals surface area contributed by atoms with E-state index < -0.39 is 23.3 Å². The maximum Gasteiger partial charge on any atom is 0.323 e. The Morgan fingerprint density at radius 1 is 1.15 bits per heavy atom. The lowest BCUT2D eigenvalue weighted by Crippen LogP contribution is -2.26.